The lowest BCUT2D eigenvalue weighted by Crippen LogP contribution is -2.49. The molecule has 1 rings (SSSR count). The summed E-state index contributed by atoms with van der Waals surface area (Å²) in [5.41, 5.74) is 0. The van der Waals surface area contributed by atoms with Gasteiger partial charge in [-0.15, -0.1) is 0 Å². The van der Waals surface area contributed by atoms with Crippen LogP contribution < -0.4 is 10.6 Å². The van der Waals surface area contributed by atoms with Gasteiger partial charge in [0.2, 0.25) is 0 Å². The van der Waals surface area contributed by atoms with Gasteiger partial charge in [-0.3, -0.25) is 0 Å². The molecule has 1 radical (unpaired) electrons. The van der Waals surface area contributed by atoms with E-state index in [0.717, 1.165) is 13.1 Å². The van der Waals surface area contributed by atoms with Crippen LogP contribution in [0.2, 0.25) is 0 Å². The van der Waals surface area contributed by atoms with Crippen molar-refractivity contribution in [1.29, 1.82) is 0 Å². The van der Waals surface area contributed by atoms with Crippen LogP contribution in [0.3, 0.4) is 0 Å². The van der Waals surface area contributed by atoms with Crippen molar-refractivity contribution in [2.75, 3.05) is 20.1 Å². The van der Waals surface area contributed by atoms with Crippen molar-refractivity contribution in [2.24, 2.45) is 0 Å². The monoisotopic (exact) mass is 85.1 g/mol. The van der Waals surface area contributed by atoms with Crippen LogP contribution in [-0.4, -0.2) is 26.2 Å². The Morgan fingerprint density at radius 1 is 1.67 bits per heavy atom. The quantitative estimate of drug-likeness (QED) is 0.443. The van der Waals surface area contributed by atoms with Crippen molar-refractivity contribution in [1.82, 2.24) is 10.6 Å². The first-order valence-corrected chi connectivity index (χ1v) is 2.24. The van der Waals surface area contributed by atoms with Gasteiger partial charge in [0.05, 0.1) is 0 Å². The fourth-order valence-corrected chi connectivity index (χ4v) is 0.441. The van der Waals surface area contributed by atoms with Crippen molar-refractivity contribution in [2.45, 2.75) is 6.04 Å². The van der Waals surface area contributed by atoms with Gasteiger partial charge in [0, 0.05) is 19.1 Å². The fraction of sp³-hybridized carbons (Fsp3) is 1.00. The number of likely N-dealkylation sites (N-methyl/N-ethyl adjacent to an activating group) is 1. The third-order valence-electron chi connectivity index (χ3n) is 1.11. The Morgan fingerprint density at radius 2 is 2.33 bits per heavy atom. The zero-order valence-corrected chi connectivity index (χ0v) is 3.94. The molecule has 0 aliphatic carbocycles. The molecule has 1 N–H and O–H groups in total. The minimum absolute atomic E-state index is 0.699. The van der Waals surface area contributed by atoms with E-state index in [4.69, 9.17) is 0 Å². The Bertz CT molecular complexity index is 38.1. The Balaban J connectivity index is 2.01. The SMILES string of the molecule is CNC1C[N]C1. The highest BCUT2D eigenvalue weighted by Crippen LogP contribution is 1.88. The lowest BCUT2D eigenvalue weighted by Gasteiger charge is -2.23. The Morgan fingerprint density at radius 3 is 2.33 bits per heavy atom. The van der Waals surface area contributed by atoms with Crippen LogP contribution in [0.4, 0.5) is 0 Å². The molecule has 1 fully saturated rings. The van der Waals surface area contributed by atoms with Crippen LogP contribution in [0, 0.1) is 0 Å². The minimum atomic E-state index is 0.699. The molecular formula is C4H9N2. The summed E-state index contributed by atoms with van der Waals surface area (Å²) in [5, 5.41) is 7.11. The highest BCUT2D eigenvalue weighted by atomic mass is 15.1. The topological polar surface area (TPSA) is 26.1 Å². The first-order valence-electron chi connectivity index (χ1n) is 2.24. The van der Waals surface area contributed by atoms with Crippen LogP contribution in [0.1, 0.15) is 0 Å². The van der Waals surface area contributed by atoms with Crippen LogP contribution in [0.5, 0.6) is 0 Å². The average molecular weight is 85.1 g/mol. The third-order valence-corrected chi connectivity index (χ3v) is 1.11. The zero-order chi connectivity index (χ0) is 4.41. The van der Waals surface area contributed by atoms with E-state index in [0.29, 0.717) is 6.04 Å². The number of hydrogen-bond acceptors (Lipinski definition) is 1. The minimum Gasteiger partial charge on any atom is -0.314 e. The van der Waals surface area contributed by atoms with Gasteiger partial charge in [-0.2, -0.15) is 0 Å². The highest BCUT2D eigenvalue weighted by molar-refractivity contribution is 4.78. The van der Waals surface area contributed by atoms with Crippen LogP contribution in [0.15, 0.2) is 0 Å². The summed E-state index contributed by atoms with van der Waals surface area (Å²) < 4.78 is 0. The molecule has 0 aromatic carbocycles. The second-order valence-electron chi connectivity index (χ2n) is 1.57. The molecule has 1 aliphatic rings. The number of nitrogens with zero attached hydrogens (tertiary/aromatic N) is 1. The van der Waals surface area contributed by atoms with E-state index in [1.165, 1.54) is 0 Å². The van der Waals surface area contributed by atoms with Crippen molar-refractivity contribution < 1.29 is 0 Å². The maximum Gasteiger partial charge on any atom is 0.0348 e. The largest absolute Gasteiger partial charge is 0.314 e. The van der Waals surface area contributed by atoms with E-state index >= 15 is 0 Å². The molecule has 0 saturated carbocycles. The van der Waals surface area contributed by atoms with Crippen molar-refractivity contribution in [3.8, 4) is 0 Å². The second-order valence-corrected chi connectivity index (χ2v) is 1.57. The van der Waals surface area contributed by atoms with Crippen molar-refractivity contribution in [3.05, 3.63) is 0 Å². The number of hydrogen-bond donors (Lipinski definition) is 1. The summed E-state index contributed by atoms with van der Waals surface area (Å²) in [7, 11) is 1.97. The molecule has 0 bridgehead atoms. The van der Waals surface area contributed by atoms with Crippen LogP contribution >= 0.6 is 0 Å². The van der Waals surface area contributed by atoms with E-state index in [9.17, 15) is 0 Å². The third kappa shape index (κ3) is 0.533. The summed E-state index contributed by atoms with van der Waals surface area (Å²) in [4.78, 5) is 0. The summed E-state index contributed by atoms with van der Waals surface area (Å²) in [6, 6.07) is 0.699. The first-order chi connectivity index (χ1) is 2.93. The van der Waals surface area contributed by atoms with Crippen molar-refractivity contribution >= 4 is 0 Å². The van der Waals surface area contributed by atoms with Crippen LogP contribution in [-0.2, 0) is 0 Å². The molecule has 0 aromatic rings. The molecule has 0 unspecified atom stereocenters. The van der Waals surface area contributed by atoms with Gasteiger partial charge in [-0.05, 0) is 7.05 Å². The Hall–Kier alpha value is -0.0800. The normalized spacial score (nSPS) is 23.5. The highest BCUT2D eigenvalue weighted by Gasteiger charge is 2.13. The number of rotatable bonds is 1. The molecule has 1 saturated heterocycles. The van der Waals surface area contributed by atoms with Crippen LogP contribution in [0.25, 0.3) is 0 Å². The van der Waals surface area contributed by atoms with E-state index in [2.05, 4.69) is 10.6 Å². The Kier molecular flexibility index (Phi) is 1.08. The maximum absolute atomic E-state index is 4.01. The maximum atomic E-state index is 4.01. The molecule has 1 aliphatic heterocycles. The van der Waals surface area contributed by atoms with Gasteiger partial charge < -0.3 is 5.32 Å². The van der Waals surface area contributed by atoms with Gasteiger partial charge >= 0.3 is 0 Å². The predicted octanol–water partition coefficient (Wildman–Crippen LogP) is -0.808. The van der Waals surface area contributed by atoms with E-state index < -0.39 is 0 Å². The molecule has 35 valence electrons. The molecule has 1 heterocycles. The molecule has 0 aromatic heterocycles. The smallest absolute Gasteiger partial charge is 0.0348 e. The molecule has 0 spiro atoms. The van der Waals surface area contributed by atoms with Gasteiger partial charge in [-0.25, -0.2) is 5.32 Å². The van der Waals surface area contributed by atoms with E-state index in [-0.39, 0.29) is 0 Å². The molecule has 6 heavy (non-hydrogen) atoms. The summed E-state index contributed by atoms with van der Waals surface area (Å²) in [6.45, 7) is 2.05. The molecule has 2 heteroatoms. The number of nitrogens with one attached hydrogen (secondary N) is 1. The second kappa shape index (κ2) is 1.58. The molecule has 0 amide bonds. The lowest BCUT2D eigenvalue weighted by atomic mass is 10.2. The standard InChI is InChI=1S/C4H9N2/c1-5-4-2-6-3-4/h4-5H,2-3H2,1H3. The molecule has 2 nitrogen and oxygen atoms in total. The fourth-order valence-electron chi connectivity index (χ4n) is 0.441. The average Bonchev–Trinajstić information content (AvgIpc) is 1.31. The zero-order valence-electron chi connectivity index (χ0n) is 3.94. The van der Waals surface area contributed by atoms with E-state index in [1.54, 1.807) is 0 Å². The first kappa shape index (κ1) is 4.09. The van der Waals surface area contributed by atoms with Gasteiger partial charge in [0.15, 0.2) is 0 Å². The lowest BCUT2D eigenvalue weighted by molar-refractivity contribution is 0.381. The van der Waals surface area contributed by atoms with Gasteiger partial charge in [0.1, 0.15) is 0 Å². The summed E-state index contributed by atoms with van der Waals surface area (Å²) in [5.74, 6) is 0. The van der Waals surface area contributed by atoms with Gasteiger partial charge in [-0.1, -0.05) is 0 Å². The molecule has 0 atom stereocenters. The van der Waals surface area contributed by atoms with Crippen molar-refractivity contribution in [3.63, 3.8) is 0 Å². The molecular weight excluding hydrogens is 76.1 g/mol. The summed E-state index contributed by atoms with van der Waals surface area (Å²) >= 11 is 0. The summed E-state index contributed by atoms with van der Waals surface area (Å²) in [6.07, 6.45) is 0. The Labute approximate surface area is 37.9 Å². The van der Waals surface area contributed by atoms with Gasteiger partial charge in [0.25, 0.3) is 0 Å². The van der Waals surface area contributed by atoms with E-state index in [1.807, 2.05) is 7.05 Å². The predicted molar refractivity (Wildman–Crippen MR) is 24.7 cm³/mol.